The number of carbonyl (C=O) groups excluding carboxylic acids is 1. The summed E-state index contributed by atoms with van der Waals surface area (Å²) in [4.78, 5) is 12.2. The molecule has 4 nitrogen and oxygen atoms in total. The van der Waals surface area contributed by atoms with E-state index in [-0.39, 0.29) is 11.9 Å². The lowest BCUT2D eigenvalue weighted by Gasteiger charge is -2.20. The number of nitrogens with two attached hydrogens (primary N) is 2. The van der Waals surface area contributed by atoms with Gasteiger partial charge >= 0.3 is 0 Å². The molecule has 0 aromatic heterocycles. The number of carbonyl (C=O) groups is 1. The Bertz CT molecular complexity index is 458. The van der Waals surface area contributed by atoms with Crippen molar-refractivity contribution in [3.8, 4) is 0 Å². The topological polar surface area (TPSA) is 81.1 Å². The van der Waals surface area contributed by atoms with E-state index in [0.717, 1.165) is 6.42 Å². The molecule has 1 saturated carbocycles. The van der Waals surface area contributed by atoms with E-state index >= 15 is 0 Å². The average Bonchev–Trinajstić information content (AvgIpc) is 2.61. The van der Waals surface area contributed by atoms with Crippen LogP contribution in [0.3, 0.4) is 0 Å². The molecule has 0 radical (unpaired) electrons. The first-order valence-electron chi connectivity index (χ1n) is 6.45. The third-order valence-corrected chi connectivity index (χ3v) is 4.10. The summed E-state index contributed by atoms with van der Waals surface area (Å²) < 4.78 is 0. The second-order valence-electron chi connectivity index (χ2n) is 5.34. The van der Waals surface area contributed by atoms with E-state index in [1.165, 1.54) is 6.42 Å². The summed E-state index contributed by atoms with van der Waals surface area (Å²) in [5.41, 5.74) is 13.0. The Kier molecular flexibility index (Phi) is 3.45. The smallest absolute Gasteiger partial charge is 0.253 e. The largest absolute Gasteiger partial charge is 0.399 e. The zero-order chi connectivity index (χ0) is 13.3. The first kappa shape index (κ1) is 12.7. The predicted octanol–water partition coefficient (Wildman–Crippen LogP) is 2.02. The van der Waals surface area contributed by atoms with Crippen LogP contribution in [-0.2, 0) is 0 Å². The lowest BCUT2D eigenvalue weighted by atomic mass is 9.97. The molecule has 18 heavy (non-hydrogen) atoms. The highest BCUT2D eigenvalue weighted by Gasteiger charge is 2.31. The summed E-state index contributed by atoms with van der Waals surface area (Å²) in [7, 11) is 0. The Morgan fingerprint density at radius 3 is 2.56 bits per heavy atom. The normalized spacial score (nSPS) is 27.1. The number of amides is 1. The minimum Gasteiger partial charge on any atom is -0.399 e. The zero-order valence-electron chi connectivity index (χ0n) is 10.9. The summed E-state index contributed by atoms with van der Waals surface area (Å²) >= 11 is 0. The number of benzene rings is 1. The molecule has 1 amide bonds. The van der Waals surface area contributed by atoms with E-state index in [2.05, 4.69) is 19.2 Å². The Hall–Kier alpha value is -1.71. The summed E-state index contributed by atoms with van der Waals surface area (Å²) in [6.45, 7) is 4.42. The molecule has 4 heteroatoms. The molecule has 2 rings (SSSR count). The molecule has 98 valence electrons. The van der Waals surface area contributed by atoms with Gasteiger partial charge in [-0.1, -0.05) is 13.8 Å². The molecule has 5 N–H and O–H groups in total. The number of nitrogens with one attached hydrogen (secondary N) is 1. The molecular weight excluding hydrogens is 226 g/mol. The van der Waals surface area contributed by atoms with Crippen LogP contribution in [0.15, 0.2) is 18.2 Å². The molecule has 0 saturated heterocycles. The van der Waals surface area contributed by atoms with E-state index in [0.29, 0.717) is 28.8 Å². The van der Waals surface area contributed by atoms with Gasteiger partial charge in [-0.15, -0.1) is 0 Å². The maximum absolute atomic E-state index is 12.2. The molecule has 3 atom stereocenters. The number of hydrogen-bond donors (Lipinski definition) is 3. The van der Waals surface area contributed by atoms with Crippen molar-refractivity contribution >= 4 is 17.3 Å². The van der Waals surface area contributed by atoms with Crippen molar-refractivity contribution in [1.82, 2.24) is 5.32 Å². The molecule has 0 spiro atoms. The van der Waals surface area contributed by atoms with Gasteiger partial charge in [0.2, 0.25) is 0 Å². The van der Waals surface area contributed by atoms with Crippen LogP contribution in [-0.4, -0.2) is 11.9 Å². The first-order valence-corrected chi connectivity index (χ1v) is 6.45. The standard InChI is InChI=1S/C14H21N3O/c1-8-3-6-13(9(8)2)17-14(18)11-5-4-10(15)7-12(11)16/h4-5,7-9,13H,3,6,15-16H2,1-2H3,(H,17,18). The molecule has 1 aliphatic carbocycles. The van der Waals surface area contributed by atoms with E-state index in [1.54, 1.807) is 18.2 Å². The second kappa shape index (κ2) is 4.88. The maximum atomic E-state index is 12.2. The van der Waals surface area contributed by atoms with E-state index < -0.39 is 0 Å². The second-order valence-corrected chi connectivity index (χ2v) is 5.34. The minimum absolute atomic E-state index is 0.0987. The summed E-state index contributed by atoms with van der Waals surface area (Å²) in [6.07, 6.45) is 2.21. The van der Waals surface area contributed by atoms with Crippen LogP contribution in [0.5, 0.6) is 0 Å². The summed E-state index contributed by atoms with van der Waals surface area (Å²) in [5.74, 6) is 1.08. The van der Waals surface area contributed by atoms with Crippen molar-refractivity contribution in [2.75, 3.05) is 11.5 Å². The van der Waals surface area contributed by atoms with E-state index in [1.807, 2.05) is 0 Å². The third kappa shape index (κ3) is 2.42. The minimum atomic E-state index is -0.0987. The quantitative estimate of drug-likeness (QED) is 0.699. The van der Waals surface area contributed by atoms with Gasteiger partial charge in [0.15, 0.2) is 0 Å². The fourth-order valence-electron chi connectivity index (χ4n) is 2.60. The highest BCUT2D eigenvalue weighted by atomic mass is 16.1. The predicted molar refractivity (Wildman–Crippen MR) is 74.1 cm³/mol. The maximum Gasteiger partial charge on any atom is 0.253 e. The van der Waals surface area contributed by atoms with Gasteiger partial charge in [-0.25, -0.2) is 0 Å². The Labute approximate surface area is 108 Å². The van der Waals surface area contributed by atoms with Crippen LogP contribution in [0.4, 0.5) is 11.4 Å². The molecule has 1 fully saturated rings. The number of rotatable bonds is 2. The van der Waals surface area contributed by atoms with Gasteiger partial charge in [0, 0.05) is 17.4 Å². The van der Waals surface area contributed by atoms with Crippen molar-refractivity contribution in [3.05, 3.63) is 23.8 Å². The fraction of sp³-hybridized carbons (Fsp3) is 0.500. The highest BCUT2D eigenvalue weighted by molar-refractivity contribution is 5.99. The van der Waals surface area contributed by atoms with Gasteiger partial charge in [-0.2, -0.15) is 0 Å². The monoisotopic (exact) mass is 247 g/mol. The summed E-state index contributed by atoms with van der Waals surface area (Å²) in [6, 6.07) is 5.26. The molecular formula is C14H21N3O. The lowest BCUT2D eigenvalue weighted by Crippen LogP contribution is -2.37. The Balaban J connectivity index is 2.08. The fourth-order valence-corrected chi connectivity index (χ4v) is 2.60. The molecule has 1 aromatic carbocycles. The van der Waals surface area contributed by atoms with Gasteiger partial charge in [-0.05, 0) is 42.9 Å². The number of nitrogen functional groups attached to an aromatic ring is 2. The molecule has 0 aliphatic heterocycles. The first-order chi connectivity index (χ1) is 8.49. The van der Waals surface area contributed by atoms with Crippen LogP contribution in [0.1, 0.15) is 37.0 Å². The molecule has 3 unspecified atom stereocenters. The van der Waals surface area contributed by atoms with Gasteiger partial charge in [0.25, 0.3) is 5.91 Å². The van der Waals surface area contributed by atoms with Crippen LogP contribution in [0.25, 0.3) is 0 Å². The lowest BCUT2D eigenvalue weighted by molar-refractivity contribution is 0.0928. The number of hydrogen-bond acceptors (Lipinski definition) is 3. The third-order valence-electron chi connectivity index (χ3n) is 4.10. The zero-order valence-corrected chi connectivity index (χ0v) is 10.9. The molecule has 0 heterocycles. The van der Waals surface area contributed by atoms with Crippen molar-refractivity contribution in [3.63, 3.8) is 0 Å². The van der Waals surface area contributed by atoms with Crippen molar-refractivity contribution < 1.29 is 4.79 Å². The number of anilines is 2. The highest BCUT2D eigenvalue weighted by Crippen LogP contribution is 2.31. The molecule has 0 bridgehead atoms. The van der Waals surface area contributed by atoms with Crippen molar-refractivity contribution in [2.45, 2.75) is 32.7 Å². The SMILES string of the molecule is CC1CCC(NC(=O)c2ccc(N)cc2N)C1C. The van der Waals surface area contributed by atoms with Crippen LogP contribution in [0.2, 0.25) is 0 Å². The van der Waals surface area contributed by atoms with Crippen LogP contribution in [0, 0.1) is 11.8 Å². The van der Waals surface area contributed by atoms with Crippen LogP contribution >= 0.6 is 0 Å². The van der Waals surface area contributed by atoms with Gasteiger partial charge < -0.3 is 16.8 Å². The van der Waals surface area contributed by atoms with Crippen LogP contribution < -0.4 is 16.8 Å². The van der Waals surface area contributed by atoms with Gasteiger partial charge in [0.05, 0.1) is 5.56 Å². The Morgan fingerprint density at radius 2 is 2.00 bits per heavy atom. The van der Waals surface area contributed by atoms with Crippen molar-refractivity contribution in [1.29, 1.82) is 0 Å². The van der Waals surface area contributed by atoms with E-state index in [9.17, 15) is 4.79 Å². The van der Waals surface area contributed by atoms with E-state index in [4.69, 9.17) is 11.5 Å². The molecule has 1 aliphatic rings. The summed E-state index contributed by atoms with van der Waals surface area (Å²) in [5, 5.41) is 3.08. The van der Waals surface area contributed by atoms with Gasteiger partial charge in [-0.3, -0.25) is 4.79 Å². The average molecular weight is 247 g/mol. The van der Waals surface area contributed by atoms with Gasteiger partial charge in [0.1, 0.15) is 0 Å². The molecule has 1 aromatic rings. The Morgan fingerprint density at radius 1 is 1.28 bits per heavy atom. The van der Waals surface area contributed by atoms with Crippen molar-refractivity contribution in [2.24, 2.45) is 11.8 Å².